The largest absolute Gasteiger partial charge is 0.492 e. The molecular weight excluding hydrogens is 237 g/mol. The lowest BCUT2D eigenvalue weighted by Gasteiger charge is -2.11. The van der Waals surface area contributed by atoms with Gasteiger partial charge < -0.3 is 14.8 Å². The molecule has 1 heterocycles. The van der Waals surface area contributed by atoms with E-state index in [-0.39, 0.29) is 17.8 Å². The Morgan fingerprint density at radius 2 is 2.44 bits per heavy atom. The number of carbonyl (C=O) groups excluding carboxylic acids is 1. The van der Waals surface area contributed by atoms with Gasteiger partial charge in [-0.05, 0) is 25.0 Å². The molecule has 1 amide bonds. The number of benzene rings is 1. The summed E-state index contributed by atoms with van der Waals surface area (Å²) in [6, 6.07) is 5.91. The summed E-state index contributed by atoms with van der Waals surface area (Å²) in [7, 11) is 0. The van der Waals surface area contributed by atoms with Gasteiger partial charge in [-0.3, -0.25) is 4.79 Å². The molecule has 0 saturated carbocycles. The summed E-state index contributed by atoms with van der Waals surface area (Å²) in [6.07, 6.45) is 1.38. The average molecular weight is 253 g/mol. The molecule has 0 aliphatic carbocycles. The molecule has 1 aromatic rings. The van der Waals surface area contributed by atoms with Gasteiger partial charge in [-0.2, -0.15) is 0 Å². The average Bonchev–Trinajstić information content (AvgIpc) is 2.88. The van der Waals surface area contributed by atoms with Crippen LogP contribution in [0.15, 0.2) is 24.3 Å². The van der Waals surface area contributed by atoms with Gasteiger partial charge >= 0.3 is 0 Å². The Morgan fingerprint density at radius 3 is 3.17 bits per heavy atom. The van der Waals surface area contributed by atoms with Crippen LogP contribution < -0.4 is 10.1 Å². The zero-order chi connectivity index (χ0) is 12.8. The van der Waals surface area contributed by atoms with Gasteiger partial charge in [-0.25, -0.2) is 4.39 Å². The lowest BCUT2D eigenvalue weighted by Crippen LogP contribution is -2.36. The Labute approximate surface area is 105 Å². The zero-order valence-corrected chi connectivity index (χ0v) is 10.0. The smallest absolute Gasteiger partial charge is 0.249 e. The first-order valence-electron chi connectivity index (χ1n) is 6.03. The standard InChI is InChI=1S/C13H16FNO3/c14-10-3-1-4-11(9-10)17-8-6-15-13(16)12-5-2-7-18-12/h1,3-4,9,12H,2,5-8H2,(H,15,16)/t12-/m0/s1. The Bertz CT molecular complexity index is 405. The van der Waals surface area contributed by atoms with Crippen molar-refractivity contribution < 1.29 is 18.7 Å². The van der Waals surface area contributed by atoms with Crippen LogP contribution in [0, 0.1) is 5.82 Å². The van der Waals surface area contributed by atoms with Crippen molar-refractivity contribution in [3.05, 3.63) is 30.1 Å². The predicted octanol–water partition coefficient (Wildman–Crippen LogP) is 1.50. The second kappa shape index (κ2) is 6.35. The highest BCUT2D eigenvalue weighted by Crippen LogP contribution is 2.12. The van der Waals surface area contributed by atoms with Crippen LogP contribution in [-0.4, -0.2) is 31.8 Å². The number of nitrogens with one attached hydrogen (secondary N) is 1. The summed E-state index contributed by atoms with van der Waals surface area (Å²) in [5, 5.41) is 2.73. The molecule has 5 heteroatoms. The van der Waals surface area contributed by atoms with E-state index < -0.39 is 0 Å². The number of carbonyl (C=O) groups is 1. The minimum Gasteiger partial charge on any atom is -0.492 e. The van der Waals surface area contributed by atoms with Crippen molar-refractivity contribution in [1.82, 2.24) is 5.32 Å². The van der Waals surface area contributed by atoms with Crippen molar-refractivity contribution in [3.63, 3.8) is 0 Å². The molecule has 98 valence electrons. The van der Waals surface area contributed by atoms with Crippen molar-refractivity contribution in [1.29, 1.82) is 0 Å². The van der Waals surface area contributed by atoms with Crippen molar-refractivity contribution >= 4 is 5.91 Å². The molecule has 4 nitrogen and oxygen atoms in total. The van der Waals surface area contributed by atoms with Crippen LogP contribution in [-0.2, 0) is 9.53 Å². The molecule has 1 aliphatic heterocycles. The third-order valence-corrected chi connectivity index (χ3v) is 2.69. The monoisotopic (exact) mass is 253 g/mol. The summed E-state index contributed by atoms with van der Waals surface area (Å²) in [5.41, 5.74) is 0. The highest BCUT2D eigenvalue weighted by Gasteiger charge is 2.22. The molecule has 1 N–H and O–H groups in total. The molecular formula is C13H16FNO3. The second-order valence-corrected chi connectivity index (χ2v) is 4.10. The number of hydrogen-bond acceptors (Lipinski definition) is 3. The van der Waals surface area contributed by atoms with Gasteiger partial charge in [0.2, 0.25) is 5.91 Å². The molecule has 0 unspecified atom stereocenters. The third kappa shape index (κ3) is 3.70. The summed E-state index contributed by atoms with van der Waals surface area (Å²) >= 11 is 0. The van der Waals surface area contributed by atoms with Crippen LogP contribution in [0.3, 0.4) is 0 Å². The minimum absolute atomic E-state index is 0.102. The maximum Gasteiger partial charge on any atom is 0.249 e. The summed E-state index contributed by atoms with van der Waals surface area (Å²) in [6.45, 7) is 1.34. The molecule has 0 bridgehead atoms. The predicted molar refractivity (Wildman–Crippen MR) is 63.9 cm³/mol. The molecule has 1 fully saturated rings. The first-order chi connectivity index (χ1) is 8.75. The van der Waals surface area contributed by atoms with Crippen LogP contribution in [0.5, 0.6) is 5.75 Å². The highest BCUT2D eigenvalue weighted by molar-refractivity contribution is 5.80. The Balaban J connectivity index is 1.65. The van der Waals surface area contributed by atoms with E-state index in [4.69, 9.17) is 9.47 Å². The van der Waals surface area contributed by atoms with Crippen molar-refractivity contribution in [2.75, 3.05) is 19.8 Å². The lowest BCUT2D eigenvalue weighted by molar-refractivity contribution is -0.130. The van der Waals surface area contributed by atoms with Crippen LogP contribution >= 0.6 is 0 Å². The van der Waals surface area contributed by atoms with Crippen molar-refractivity contribution in [3.8, 4) is 5.75 Å². The molecule has 0 aromatic heterocycles. The number of rotatable bonds is 5. The Hall–Kier alpha value is -1.62. The van der Waals surface area contributed by atoms with Gasteiger partial charge in [-0.15, -0.1) is 0 Å². The fourth-order valence-corrected chi connectivity index (χ4v) is 1.80. The molecule has 2 rings (SSSR count). The van der Waals surface area contributed by atoms with Gasteiger partial charge in [0.15, 0.2) is 0 Å². The van der Waals surface area contributed by atoms with E-state index in [0.717, 1.165) is 12.8 Å². The van der Waals surface area contributed by atoms with E-state index in [2.05, 4.69) is 5.32 Å². The molecule has 18 heavy (non-hydrogen) atoms. The van der Waals surface area contributed by atoms with Gasteiger partial charge in [0.05, 0.1) is 6.54 Å². The molecule has 1 atom stereocenters. The number of halogens is 1. The highest BCUT2D eigenvalue weighted by atomic mass is 19.1. The molecule has 0 spiro atoms. The minimum atomic E-state index is -0.337. The van der Waals surface area contributed by atoms with Crippen molar-refractivity contribution in [2.24, 2.45) is 0 Å². The van der Waals surface area contributed by atoms with E-state index in [0.29, 0.717) is 25.5 Å². The van der Waals surface area contributed by atoms with E-state index in [1.807, 2.05) is 0 Å². The van der Waals surface area contributed by atoms with E-state index in [9.17, 15) is 9.18 Å². The molecule has 0 radical (unpaired) electrons. The fraction of sp³-hybridized carbons (Fsp3) is 0.462. The summed E-state index contributed by atoms with van der Waals surface area (Å²) in [5.74, 6) is 0.0209. The topological polar surface area (TPSA) is 47.6 Å². The quantitative estimate of drug-likeness (QED) is 0.809. The van der Waals surface area contributed by atoms with Crippen molar-refractivity contribution in [2.45, 2.75) is 18.9 Å². The lowest BCUT2D eigenvalue weighted by atomic mass is 10.2. The SMILES string of the molecule is O=C(NCCOc1cccc(F)c1)[C@@H]1CCCO1. The Kier molecular flexibility index (Phi) is 4.52. The molecule has 1 aliphatic rings. The number of ether oxygens (including phenoxy) is 2. The number of hydrogen-bond donors (Lipinski definition) is 1. The van der Waals surface area contributed by atoms with E-state index in [1.165, 1.54) is 12.1 Å². The molecule has 1 saturated heterocycles. The van der Waals surface area contributed by atoms with Crippen LogP contribution in [0.1, 0.15) is 12.8 Å². The number of amides is 1. The second-order valence-electron chi connectivity index (χ2n) is 4.10. The van der Waals surface area contributed by atoms with Crippen LogP contribution in [0.2, 0.25) is 0 Å². The fourth-order valence-electron chi connectivity index (χ4n) is 1.80. The van der Waals surface area contributed by atoms with Gasteiger partial charge in [-0.1, -0.05) is 6.07 Å². The Morgan fingerprint density at radius 1 is 1.56 bits per heavy atom. The van der Waals surface area contributed by atoms with E-state index in [1.54, 1.807) is 12.1 Å². The van der Waals surface area contributed by atoms with Crippen LogP contribution in [0.4, 0.5) is 4.39 Å². The summed E-state index contributed by atoms with van der Waals surface area (Å²) in [4.78, 5) is 11.6. The van der Waals surface area contributed by atoms with Gasteiger partial charge in [0.25, 0.3) is 0 Å². The maximum atomic E-state index is 12.8. The first kappa shape index (κ1) is 12.8. The first-order valence-corrected chi connectivity index (χ1v) is 6.03. The third-order valence-electron chi connectivity index (χ3n) is 2.69. The zero-order valence-electron chi connectivity index (χ0n) is 10.0. The molecule has 1 aromatic carbocycles. The van der Waals surface area contributed by atoms with Gasteiger partial charge in [0.1, 0.15) is 24.3 Å². The normalized spacial score (nSPS) is 18.6. The van der Waals surface area contributed by atoms with Gasteiger partial charge in [0, 0.05) is 12.7 Å². The van der Waals surface area contributed by atoms with Crippen LogP contribution in [0.25, 0.3) is 0 Å². The summed E-state index contributed by atoms with van der Waals surface area (Å²) < 4.78 is 23.4. The van der Waals surface area contributed by atoms with E-state index >= 15 is 0 Å². The maximum absolute atomic E-state index is 12.8.